The summed E-state index contributed by atoms with van der Waals surface area (Å²) in [5, 5.41) is 9.12. The number of carbonyl (C=O) groups is 2. The standard InChI is InChI=1S/C16H21NO3/c1-11-10-17(9-8-14(11)16(19)20)15(18)12(2)13-6-4-3-5-7-13/h3-7,11-12,14H,8-10H2,1-2H3,(H,19,20)/t11?,12-,14?/m1/s1. The summed E-state index contributed by atoms with van der Waals surface area (Å²) in [4.78, 5) is 25.4. The lowest BCUT2D eigenvalue weighted by molar-refractivity contribution is -0.148. The highest BCUT2D eigenvalue weighted by Crippen LogP contribution is 2.26. The molecule has 108 valence electrons. The Balaban J connectivity index is 2.02. The van der Waals surface area contributed by atoms with Gasteiger partial charge in [-0.25, -0.2) is 0 Å². The zero-order valence-corrected chi connectivity index (χ0v) is 12.0. The first-order valence-corrected chi connectivity index (χ1v) is 7.07. The minimum absolute atomic E-state index is 0.00757. The number of hydrogen-bond donors (Lipinski definition) is 1. The van der Waals surface area contributed by atoms with Crippen molar-refractivity contribution in [2.24, 2.45) is 11.8 Å². The van der Waals surface area contributed by atoms with E-state index in [0.29, 0.717) is 19.5 Å². The van der Waals surface area contributed by atoms with Crippen molar-refractivity contribution in [1.29, 1.82) is 0 Å². The van der Waals surface area contributed by atoms with Crippen LogP contribution in [0.5, 0.6) is 0 Å². The van der Waals surface area contributed by atoms with Gasteiger partial charge in [-0.15, -0.1) is 0 Å². The van der Waals surface area contributed by atoms with Crippen LogP contribution in [0.4, 0.5) is 0 Å². The number of carboxylic acid groups (broad SMARTS) is 1. The fraction of sp³-hybridized carbons (Fsp3) is 0.500. The van der Waals surface area contributed by atoms with Gasteiger partial charge in [-0.2, -0.15) is 0 Å². The number of nitrogens with zero attached hydrogens (tertiary/aromatic N) is 1. The van der Waals surface area contributed by atoms with E-state index in [9.17, 15) is 9.59 Å². The van der Waals surface area contributed by atoms with Gasteiger partial charge in [-0.1, -0.05) is 37.3 Å². The smallest absolute Gasteiger partial charge is 0.306 e. The van der Waals surface area contributed by atoms with Crippen LogP contribution in [0.1, 0.15) is 31.7 Å². The highest BCUT2D eigenvalue weighted by Gasteiger charge is 2.34. The fourth-order valence-electron chi connectivity index (χ4n) is 2.87. The Hall–Kier alpha value is -1.84. The number of benzene rings is 1. The van der Waals surface area contributed by atoms with E-state index in [-0.39, 0.29) is 23.7 Å². The molecule has 2 unspecified atom stereocenters. The van der Waals surface area contributed by atoms with Gasteiger partial charge in [0.1, 0.15) is 0 Å². The van der Waals surface area contributed by atoms with Gasteiger partial charge in [0.15, 0.2) is 0 Å². The van der Waals surface area contributed by atoms with Crippen LogP contribution in [0.3, 0.4) is 0 Å². The molecule has 0 radical (unpaired) electrons. The molecule has 0 aliphatic carbocycles. The van der Waals surface area contributed by atoms with Crippen LogP contribution in [0.2, 0.25) is 0 Å². The second-order valence-corrected chi connectivity index (χ2v) is 5.63. The summed E-state index contributed by atoms with van der Waals surface area (Å²) in [5.74, 6) is -1.16. The van der Waals surface area contributed by atoms with Gasteiger partial charge in [-0.05, 0) is 24.8 Å². The molecule has 1 heterocycles. The maximum Gasteiger partial charge on any atom is 0.306 e. The Morgan fingerprint density at radius 3 is 2.50 bits per heavy atom. The van der Waals surface area contributed by atoms with Crippen molar-refractivity contribution in [2.75, 3.05) is 13.1 Å². The summed E-state index contributed by atoms with van der Waals surface area (Å²) in [6.45, 7) is 4.89. The van der Waals surface area contributed by atoms with Crippen molar-refractivity contribution in [2.45, 2.75) is 26.2 Å². The average Bonchev–Trinajstić information content (AvgIpc) is 2.46. The highest BCUT2D eigenvalue weighted by atomic mass is 16.4. The molecule has 1 aromatic rings. The summed E-state index contributed by atoms with van der Waals surface area (Å²) in [5.41, 5.74) is 1.01. The molecular weight excluding hydrogens is 254 g/mol. The third kappa shape index (κ3) is 3.00. The maximum atomic E-state index is 12.5. The summed E-state index contributed by atoms with van der Waals surface area (Å²) < 4.78 is 0. The number of likely N-dealkylation sites (tertiary alicyclic amines) is 1. The molecule has 0 aromatic heterocycles. The molecule has 0 bridgehead atoms. The minimum Gasteiger partial charge on any atom is -0.481 e. The van der Waals surface area contributed by atoms with Gasteiger partial charge in [0, 0.05) is 13.1 Å². The van der Waals surface area contributed by atoms with Crippen molar-refractivity contribution >= 4 is 11.9 Å². The molecule has 1 N–H and O–H groups in total. The van der Waals surface area contributed by atoms with Crippen LogP contribution < -0.4 is 0 Å². The Morgan fingerprint density at radius 1 is 1.30 bits per heavy atom. The van der Waals surface area contributed by atoms with E-state index < -0.39 is 5.97 Å². The number of amides is 1. The predicted octanol–water partition coefficient (Wildman–Crippen LogP) is 2.36. The van der Waals surface area contributed by atoms with Crippen molar-refractivity contribution in [1.82, 2.24) is 4.90 Å². The molecule has 1 amide bonds. The van der Waals surface area contributed by atoms with Crippen LogP contribution in [-0.4, -0.2) is 35.0 Å². The third-order valence-corrected chi connectivity index (χ3v) is 4.20. The van der Waals surface area contributed by atoms with Crippen molar-refractivity contribution in [3.63, 3.8) is 0 Å². The topological polar surface area (TPSA) is 57.6 Å². The van der Waals surface area contributed by atoms with Gasteiger partial charge in [0.05, 0.1) is 11.8 Å². The van der Waals surface area contributed by atoms with Gasteiger partial charge >= 0.3 is 5.97 Å². The SMILES string of the molecule is CC1CN(C(=O)[C@H](C)c2ccccc2)CCC1C(=O)O. The highest BCUT2D eigenvalue weighted by molar-refractivity contribution is 5.83. The third-order valence-electron chi connectivity index (χ3n) is 4.20. The Morgan fingerprint density at radius 2 is 1.95 bits per heavy atom. The maximum absolute atomic E-state index is 12.5. The summed E-state index contributed by atoms with van der Waals surface area (Å²) >= 11 is 0. The van der Waals surface area contributed by atoms with Gasteiger partial charge in [0.25, 0.3) is 0 Å². The van der Waals surface area contributed by atoms with Gasteiger partial charge in [-0.3, -0.25) is 9.59 Å². The zero-order chi connectivity index (χ0) is 14.7. The molecule has 1 fully saturated rings. The van der Waals surface area contributed by atoms with Gasteiger partial charge < -0.3 is 10.0 Å². The van der Waals surface area contributed by atoms with E-state index in [4.69, 9.17) is 5.11 Å². The minimum atomic E-state index is -0.749. The summed E-state index contributed by atoms with van der Waals surface area (Å²) in [6, 6.07) is 9.70. The monoisotopic (exact) mass is 275 g/mol. The average molecular weight is 275 g/mol. The Kier molecular flexibility index (Phi) is 4.42. The predicted molar refractivity (Wildman–Crippen MR) is 76.3 cm³/mol. The molecule has 4 heteroatoms. The molecule has 2 rings (SSSR count). The van der Waals surface area contributed by atoms with Crippen LogP contribution in [0, 0.1) is 11.8 Å². The van der Waals surface area contributed by atoms with E-state index in [1.165, 1.54) is 0 Å². The number of aliphatic carboxylic acids is 1. The molecule has 1 saturated heterocycles. The van der Waals surface area contributed by atoms with Crippen LogP contribution in [0.25, 0.3) is 0 Å². The summed E-state index contributed by atoms with van der Waals surface area (Å²) in [6.07, 6.45) is 0.545. The lowest BCUT2D eigenvalue weighted by atomic mass is 9.86. The first-order valence-electron chi connectivity index (χ1n) is 7.07. The van der Waals surface area contributed by atoms with Crippen LogP contribution >= 0.6 is 0 Å². The summed E-state index contributed by atoms with van der Waals surface area (Å²) in [7, 11) is 0. The molecule has 1 aromatic carbocycles. The number of rotatable bonds is 3. The normalized spacial score (nSPS) is 24.2. The van der Waals surface area contributed by atoms with Gasteiger partial charge in [0.2, 0.25) is 5.91 Å². The van der Waals surface area contributed by atoms with E-state index >= 15 is 0 Å². The van der Waals surface area contributed by atoms with E-state index in [1.54, 1.807) is 0 Å². The van der Waals surface area contributed by atoms with Crippen molar-refractivity contribution in [3.05, 3.63) is 35.9 Å². The largest absolute Gasteiger partial charge is 0.481 e. The van der Waals surface area contributed by atoms with Crippen molar-refractivity contribution < 1.29 is 14.7 Å². The first-order chi connectivity index (χ1) is 9.50. The molecular formula is C16H21NO3. The van der Waals surface area contributed by atoms with Crippen LogP contribution in [-0.2, 0) is 9.59 Å². The second-order valence-electron chi connectivity index (χ2n) is 5.63. The van der Waals surface area contributed by atoms with Crippen molar-refractivity contribution in [3.8, 4) is 0 Å². The quantitative estimate of drug-likeness (QED) is 0.921. The van der Waals surface area contributed by atoms with Crippen LogP contribution in [0.15, 0.2) is 30.3 Å². The Bertz CT molecular complexity index is 486. The molecule has 1 aliphatic rings. The van der Waals surface area contributed by atoms with E-state index in [1.807, 2.05) is 49.1 Å². The first kappa shape index (κ1) is 14.6. The number of hydrogen-bond acceptors (Lipinski definition) is 2. The molecule has 20 heavy (non-hydrogen) atoms. The second kappa shape index (κ2) is 6.07. The molecule has 0 saturated carbocycles. The van der Waals surface area contributed by atoms with E-state index in [0.717, 1.165) is 5.56 Å². The molecule has 1 aliphatic heterocycles. The Labute approximate surface area is 119 Å². The molecule has 0 spiro atoms. The number of piperidine rings is 1. The lowest BCUT2D eigenvalue weighted by Gasteiger charge is -2.36. The zero-order valence-electron chi connectivity index (χ0n) is 12.0. The number of carbonyl (C=O) groups excluding carboxylic acids is 1. The lowest BCUT2D eigenvalue weighted by Crippen LogP contribution is -2.46. The van der Waals surface area contributed by atoms with E-state index in [2.05, 4.69) is 0 Å². The number of carboxylic acids is 1. The molecule has 4 nitrogen and oxygen atoms in total. The molecule has 3 atom stereocenters. The fourth-order valence-corrected chi connectivity index (χ4v) is 2.87.